The summed E-state index contributed by atoms with van der Waals surface area (Å²) in [4.78, 5) is 63.7. The number of esters is 1. The topological polar surface area (TPSA) is 148 Å². The number of alkyl halides is 3. The molecule has 388 valence electrons. The second-order valence-corrected chi connectivity index (χ2v) is 21.2. The Morgan fingerprint density at radius 2 is 1.79 bits per heavy atom. The number of nitrogens with zero attached hydrogens (tertiary/aromatic N) is 5. The number of rotatable bonds is 11. The average Bonchev–Trinajstić information content (AvgIpc) is 3.58. The minimum Gasteiger partial charge on any atom is -0.464 e. The molecule has 2 aromatic carbocycles. The van der Waals surface area contributed by atoms with E-state index < -0.39 is 71.4 Å². The molecular weight excluding hydrogens is 935 g/mol. The number of cyclic esters (lactones) is 1. The molecule has 2 fully saturated rings. The van der Waals surface area contributed by atoms with E-state index >= 15 is 4.39 Å². The highest BCUT2D eigenvalue weighted by molar-refractivity contribution is 5.96. The van der Waals surface area contributed by atoms with Gasteiger partial charge in [0.2, 0.25) is 5.91 Å². The van der Waals surface area contributed by atoms with E-state index in [0.717, 1.165) is 0 Å². The number of nitrogens with one attached hydrogen (secondary N) is 2. The lowest BCUT2D eigenvalue weighted by Crippen LogP contribution is -2.61. The normalized spacial score (nSPS) is 19.8. The van der Waals surface area contributed by atoms with Crippen molar-refractivity contribution in [1.82, 2.24) is 35.1 Å². The quantitative estimate of drug-likeness (QED) is 0.0894. The van der Waals surface area contributed by atoms with Crippen LogP contribution in [0.1, 0.15) is 84.2 Å². The fourth-order valence-electron chi connectivity index (χ4n) is 9.25. The Hall–Kier alpha value is -5.87. The van der Waals surface area contributed by atoms with Crippen molar-refractivity contribution in [3.63, 3.8) is 0 Å². The predicted octanol–water partition coefficient (Wildman–Crippen LogP) is 7.27. The van der Waals surface area contributed by atoms with Crippen molar-refractivity contribution in [2.45, 2.75) is 117 Å². The zero-order valence-electron chi connectivity index (χ0n) is 42.8. The van der Waals surface area contributed by atoms with E-state index in [1.165, 1.54) is 28.8 Å². The van der Waals surface area contributed by atoms with Crippen molar-refractivity contribution >= 4 is 34.6 Å². The molecule has 3 aliphatic rings. The smallest absolute Gasteiger partial charge is 0.406 e. The second-order valence-electron chi connectivity index (χ2n) is 21.2. The number of carbonyl (C=O) groups excluding carboxylic acids is 4. The van der Waals surface area contributed by atoms with Gasteiger partial charge in [-0.3, -0.25) is 34.1 Å². The standard InChI is InChI=1S/C54H67F4N7O7/c1-32(2)42(29-71-38-27-63(28-38)46(66)17-18-53(6,7)62(8)9)49(67)60-44-23-34-21-36(24-37(55)22-34)35-15-16-45-40(25-35)41(26-52(4,5)31-72-51(69)43-14-12-20-65(61-43)50(44)68)48(64(45)30-54(56,57)58)39-13-11-19-59-47(39)33(3)70-10/h11,13,15-16,19,21-22,24-25,32-33,38,42-44,61H,12,14,20,23,26-31H2,1-10H3,(H,60,67)/t33-,42?,43-,44-/m0/s1. The van der Waals surface area contributed by atoms with Crippen LogP contribution in [0.25, 0.3) is 33.3 Å². The third-order valence-corrected chi connectivity index (χ3v) is 14.1. The van der Waals surface area contributed by atoms with E-state index in [1.807, 2.05) is 60.5 Å². The molecule has 5 heterocycles. The Labute approximate surface area is 419 Å². The largest absolute Gasteiger partial charge is 0.464 e. The van der Waals surface area contributed by atoms with E-state index in [4.69, 9.17) is 14.2 Å². The summed E-state index contributed by atoms with van der Waals surface area (Å²) in [6.07, 6.45) is -3.23. The van der Waals surface area contributed by atoms with E-state index in [9.17, 15) is 32.3 Å². The van der Waals surface area contributed by atoms with Crippen molar-refractivity contribution in [3.05, 3.63) is 77.4 Å². The number of ether oxygens (including phenoxy) is 3. The van der Waals surface area contributed by atoms with Gasteiger partial charge in [-0.2, -0.15) is 13.2 Å². The highest BCUT2D eigenvalue weighted by atomic mass is 19.4. The van der Waals surface area contributed by atoms with Gasteiger partial charge >= 0.3 is 12.1 Å². The van der Waals surface area contributed by atoms with Gasteiger partial charge in [0.25, 0.3) is 11.8 Å². The first-order valence-electron chi connectivity index (χ1n) is 24.5. The molecule has 3 aliphatic heterocycles. The first-order chi connectivity index (χ1) is 33.8. The van der Waals surface area contributed by atoms with E-state index in [0.29, 0.717) is 64.8 Å². The minimum absolute atomic E-state index is 0.00281. The van der Waals surface area contributed by atoms with Crippen LogP contribution < -0.4 is 10.7 Å². The molecule has 72 heavy (non-hydrogen) atoms. The SMILES string of the molecule is CO[C@@H](C)c1ncccc1-c1c2c3cc(ccc3n1CC(F)(F)F)-c1cc(F)cc(c1)C[C@H](NC(=O)C(COC1CN(C(=O)C#CC(C)(C)N(C)C)C1)C(C)C)C(=O)N1CCC[C@H](N1)C(=O)OCC(C)(C)C2. The maximum absolute atomic E-state index is 16.0. The summed E-state index contributed by atoms with van der Waals surface area (Å²) in [6.45, 7) is 12.4. The van der Waals surface area contributed by atoms with Crippen LogP contribution in [0.5, 0.6) is 0 Å². The van der Waals surface area contributed by atoms with Crippen molar-refractivity contribution in [2.24, 2.45) is 17.3 Å². The van der Waals surface area contributed by atoms with Gasteiger partial charge in [0.15, 0.2) is 0 Å². The number of halogens is 4. The van der Waals surface area contributed by atoms with E-state index in [2.05, 4.69) is 27.6 Å². The number of pyridine rings is 1. The van der Waals surface area contributed by atoms with Gasteiger partial charge < -0.3 is 29.0 Å². The lowest BCUT2D eigenvalue weighted by atomic mass is 9.84. The molecule has 0 aliphatic carbocycles. The number of methoxy groups -OCH3 is 1. The number of benzene rings is 2. The maximum Gasteiger partial charge on any atom is 0.406 e. The molecule has 0 radical (unpaired) electrons. The van der Waals surface area contributed by atoms with Crippen LogP contribution in [-0.2, 0) is 52.8 Å². The third kappa shape index (κ3) is 12.5. The number of likely N-dealkylation sites (tertiary alicyclic amines) is 1. The monoisotopic (exact) mass is 1000 g/mol. The van der Waals surface area contributed by atoms with Crippen LogP contribution in [0.2, 0.25) is 0 Å². The lowest BCUT2D eigenvalue weighted by molar-refractivity contribution is -0.155. The first kappa shape index (κ1) is 53.9. The Morgan fingerprint density at radius 1 is 1.06 bits per heavy atom. The van der Waals surface area contributed by atoms with Crippen molar-refractivity contribution in [3.8, 4) is 34.2 Å². The van der Waals surface area contributed by atoms with Crippen LogP contribution >= 0.6 is 0 Å². The molecule has 2 N–H and O–H groups in total. The number of fused-ring (bicyclic) bond motifs is 6. The third-order valence-electron chi connectivity index (χ3n) is 14.1. The Morgan fingerprint density at radius 3 is 2.47 bits per heavy atom. The van der Waals surface area contributed by atoms with Gasteiger partial charge in [-0.05, 0) is 125 Å². The summed E-state index contributed by atoms with van der Waals surface area (Å²) >= 11 is 0. The maximum atomic E-state index is 16.0. The fraction of sp³-hybridized carbons (Fsp3) is 0.537. The zero-order valence-corrected chi connectivity index (χ0v) is 42.8. The summed E-state index contributed by atoms with van der Waals surface area (Å²) in [7, 11) is 5.27. The van der Waals surface area contributed by atoms with Crippen molar-refractivity contribution in [1.29, 1.82) is 0 Å². The molecule has 14 nitrogen and oxygen atoms in total. The number of amides is 3. The van der Waals surface area contributed by atoms with Gasteiger partial charge in [-0.25, -0.2) is 9.82 Å². The molecule has 1 unspecified atom stereocenters. The summed E-state index contributed by atoms with van der Waals surface area (Å²) in [6, 6.07) is 10.5. The first-order valence-corrected chi connectivity index (χ1v) is 24.5. The van der Waals surface area contributed by atoms with Crippen molar-refractivity contribution < 1.29 is 51.0 Å². The molecular formula is C54H67F4N7O7. The molecule has 4 atom stereocenters. The minimum atomic E-state index is -4.63. The molecule has 3 amide bonds. The van der Waals surface area contributed by atoms with Gasteiger partial charge in [0.1, 0.15) is 24.4 Å². The van der Waals surface area contributed by atoms with Crippen LogP contribution in [-0.4, -0.2) is 132 Å². The predicted molar refractivity (Wildman–Crippen MR) is 264 cm³/mol. The van der Waals surface area contributed by atoms with E-state index in [-0.39, 0.29) is 61.7 Å². The number of aromatic nitrogens is 2. The van der Waals surface area contributed by atoms with Crippen LogP contribution in [0.4, 0.5) is 17.6 Å². The van der Waals surface area contributed by atoms with Gasteiger partial charge in [-0.15, -0.1) is 0 Å². The summed E-state index contributed by atoms with van der Waals surface area (Å²) in [5, 5.41) is 4.73. The van der Waals surface area contributed by atoms with Crippen LogP contribution in [0.3, 0.4) is 0 Å². The Balaban J connectivity index is 1.25. The van der Waals surface area contributed by atoms with Crippen molar-refractivity contribution in [2.75, 3.05) is 54.1 Å². The molecule has 4 aromatic rings. The molecule has 18 heteroatoms. The van der Waals surface area contributed by atoms with Gasteiger partial charge in [0, 0.05) is 61.2 Å². The summed E-state index contributed by atoms with van der Waals surface area (Å²) in [5.74, 6) is 2.16. The summed E-state index contributed by atoms with van der Waals surface area (Å²) in [5.41, 5.74) is 4.91. The number of hydrogen-bond acceptors (Lipinski definition) is 10. The Kier molecular flexibility index (Phi) is 16.2. The molecule has 2 aromatic heterocycles. The lowest BCUT2D eigenvalue weighted by Gasteiger charge is -2.39. The fourth-order valence-corrected chi connectivity index (χ4v) is 9.25. The number of hydrazine groups is 1. The molecule has 0 spiro atoms. The van der Waals surface area contributed by atoms with Gasteiger partial charge in [-0.1, -0.05) is 45.7 Å². The summed E-state index contributed by atoms with van der Waals surface area (Å²) < 4.78 is 79.1. The highest BCUT2D eigenvalue weighted by Crippen LogP contribution is 2.43. The average molecular weight is 1000 g/mol. The number of carbonyl (C=O) groups is 4. The Bertz CT molecular complexity index is 2740. The number of hydrogen-bond donors (Lipinski definition) is 2. The molecule has 6 bridgehead atoms. The zero-order chi connectivity index (χ0) is 52.4. The van der Waals surface area contributed by atoms with Gasteiger partial charge in [0.05, 0.1) is 48.3 Å². The molecule has 2 saturated heterocycles. The molecule has 0 saturated carbocycles. The van der Waals surface area contributed by atoms with Crippen LogP contribution in [0, 0.1) is 34.9 Å². The van der Waals surface area contributed by atoms with Crippen LogP contribution in [0.15, 0.2) is 54.7 Å². The molecule has 7 rings (SSSR count). The highest BCUT2D eigenvalue weighted by Gasteiger charge is 2.39. The van der Waals surface area contributed by atoms with E-state index in [1.54, 1.807) is 54.4 Å². The second kappa shape index (κ2) is 21.7.